The summed E-state index contributed by atoms with van der Waals surface area (Å²) in [6, 6.07) is -1.36. The predicted molar refractivity (Wildman–Crippen MR) is 116 cm³/mol. The molecular weight excluding hydrogens is 398 g/mol. The van der Waals surface area contributed by atoms with E-state index in [9.17, 15) is 19.5 Å². The Bertz CT molecular complexity index is 711. The number of carbonyl (C=O) groups is 3. The molecule has 7 atom stereocenters. The molecular formula is C23H39N3O5. The van der Waals surface area contributed by atoms with Crippen molar-refractivity contribution < 1.29 is 24.2 Å². The van der Waals surface area contributed by atoms with E-state index >= 15 is 0 Å². The van der Waals surface area contributed by atoms with Crippen molar-refractivity contribution in [3.05, 3.63) is 0 Å². The van der Waals surface area contributed by atoms with Crippen LogP contribution >= 0.6 is 0 Å². The first-order valence-electron chi connectivity index (χ1n) is 11.9. The van der Waals surface area contributed by atoms with E-state index in [-0.39, 0.29) is 30.4 Å². The second-order valence-corrected chi connectivity index (χ2v) is 9.71. The average molecular weight is 438 g/mol. The van der Waals surface area contributed by atoms with E-state index in [2.05, 4.69) is 17.6 Å². The summed E-state index contributed by atoms with van der Waals surface area (Å²) < 4.78 is 6.53. The zero-order chi connectivity index (χ0) is 23.0. The Labute approximate surface area is 185 Å². The summed E-state index contributed by atoms with van der Waals surface area (Å²) in [7, 11) is 0. The fourth-order valence-corrected chi connectivity index (χ4v) is 6.06. The van der Waals surface area contributed by atoms with Gasteiger partial charge in [-0.1, -0.05) is 27.2 Å². The van der Waals surface area contributed by atoms with Gasteiger partial charge >= 0.3 is 0 Å². The molecule has 0 aromatic rings. The lowest BCUT2D eigenvalue weighted by molar-refractivity contribution is -0.150. The van der Waals surface area contributed by atoms with Crippen LogP contribution in [0, 0.1) is 11.8 Å². The topological polar surface area (TPSA) is 108 Å². The number of hydrogen-bond donors (Lipinski definition) is 3. The van der Waals surface area contributed by atoms with E-state index in [1.54, 1.807) is 0 Å². The highest BCUT2D eigenvalue weighted by atomic mass is 16.5. The quantitative estimate of drug-likeness (QED) is 0.478. The molecule has 0 aromatic carbocycles. The van der Waals surface area contributed by atoms with Gasteiger partial charge in [-0.25, -0.2) is 0 Å². The first-order valence-corrected chi connectivity index (χ1v) is 11.9. The van der Waals surface area contributed by atoms with Gasteiger partial charge in [-0.15, -0.1) is 0 Å². The van der Waals surface area contributed by atoms with Crippen LogP contribution in [0.1, 0.15) is 73.1 Å². The summed E-state index contributed by atoms with van der Waals surface area (Å²) in [5.74, 6) is -2.01. The van der Waals surface area contributed by atoms with Crippen molar-refractivity contribution in [3.8, 4) is 0 Å². The highest BCUT2D eigenvalue weighted by molar-refractivity contribution is 5.99. The fourth-order valence-electron chi connectivity index (χ4n) is 6.06. The van der Waals surface area contributed by atoms with Crippen LogP contribution in [-0.2, 0) is 19.1 Å². The zero-order valence-corrected chi connectivity index (χ0v) is 19.6. The van der Waals surface area contributed by atoms with Gasteiger partial charge in [0.1, 0.15) is 11.6 Å². The summed E-state index contributed by atoms with van der Waals surface area (Å²) in [6.45, 7) is 10.1. The number of carbonyl (C=O) groups excluding carboxylic acids is 3. The third-order valence-electron chi connectivity index (χ3n) is 7.48. The van der Waals surface area contributed by atoms with Gasteiger partial charge in [0.25, 0.3) is 0 Å². The molecule has 8 nitrogen and oxygen atoms in total. The summed E-state index contributed by atoms with van der Waals surface area (Å²) in [5.41, 5.74) is -1.79. The van der Waals surface area contributed by atoms with Crippen LogP contribution in [0.2, 0.25) is 0 Å². The molecule has 0 aliphatic carbocycles. The minimum atomic E-state index is -1.03. The van der Waals surface area contributed by atoms with Crippen molar-refractivity contribution in [1.29, 1.82) is 0 Å². The number of nitrogens with zero attached hydrogens (tertiary/aromatic N) is 1. The molecule has 3 amide bonds. The molecule has 0 radical (unpaired) electrons. The molecule has 0 aromatic heterocycles. The Morgan fingerprint density at radius 2 is 1.94 bits per heavy atom. The lowest BCUT2D eigenvalue weighted by Gasteiger charge is -2.37. The van der Waals surface area contributed by atoms with Crippen LogP contribution in [0.4, 0.5) is 0 Å². The number of ether oxygens (including phenoxy) is 1. The third-order valence-corrected chi connectivity index (χ3v) is 7.48. The SMILES string of the molecule is CCCNC(=O)[C@@H]1[C@H]2C(=O)N([C@@H](CC)CO)C(C(=O)NC(C)CCC)C23CC[C@@]1(C)O3. The highest BCUT2D eigenvalue weighted by Crippen LogP contribution is 2.63. The van der Waals surface area contributed by atoms with E-state index in [0.717, 1.165) is 19.3 Å². The molecule has 3 rings (SSSR count). The lowest BCUT2D eigenvalue weighted by atomic mass is 9.66. The molecule has 1 spiro atoms. The summed E-state index contributed by atoms with van der Waals surface area (Å²) in [5, 5.41) is 16.0. The van der Waals surface area contributed by atoms with Crippen LogP contribution in [0.15, 0.2) is 0 Å². The van der Waals surface area contributed by atoms with Gasteiger partial charge in [0.15, 0.2) is 0 Å². The van der Waals surface area contributed by atoms with E-state index in [4.69, 9.17) is 4.74 Å². The number of amides is 3. The molecule has 0 saturated carbocycles. The molecule has 3 unspecified atom stereocenters. The number of hydrogen-bond acceptors (Lipinski definition) is 5. The smallest absolute Gasteiger partial charge is 0.246 e. The molecule has 8 heteroatoms. The molecule has 3 fully saturated rings. The third kappa shape index (κ3) is 3.75. The van der Waals surface area contributed by atoms with Crippen molar-refractivity contribution in [2.75, 3.05) is 13.2 Å². The van der Waals surface area contributed by atoms with Crippen LogP contribution in [-0.4, -0.2) is 70.2 Å². The summed E-state index contributed by atoms with van der Waals surface area (Å²) >= 11 is 0. The maximum atomic E-state index is 13.8. The van der Waals surface area contributed by atoms with Crippen molar-refractivity contribution in [1.82, 2.24) is 15.5 Å². The van der Waals surface area contributed by atoms with Gasteiger partial charge in [0, 0.05) is 12.6 Å². The molecule has 3 saturated heterocycles. The van der Waals surface area contributed by atoms with Crippen LogP contribution in [0.5, 0.6) is 0 Å². The number of nitrogens with one attached hydrogen (secondary N) is 2. The number of aliphatic hydroxyl groups excluding tert-OH is 1. The number of fused-ring (bicyclic) bond motifs is 1. The van der Waals surface area contributed by atoms with Crippen molar-refractivity contribution in [3.63, 3.8) is 0 Å². The number of likely N-dealkylation sites (tertiary alicyclic amines) is 1. The molecule has 3 N–H and O–H groups in total. The first kappa shape index (κ1) is 24.0. The highest BCUT2D eigenvalue weighted by Gasteiger charge is 2.78. The summed E-state index contributed by atoms with van der Waals surface area (Å²) in [6.07, 6.45) is 4.26. The standard InChI is InChI=1S/C23H39N3O5/c1-6-9-14(4)25-20(29)18-23-11-10-22(5,31-23)16(19(28)24-12-7-2)17(23)21(30)26(18)15(8-3)13-27/h14-18,27H,6-13H2,1-5H3,(H,24,28)(H,25,29)/t14?,15-,16-,17-,18?,22+,23?/m0/s1. The molecule has 2 bridgehead atoms. The molecule has 3 heterocycles. The van der Waals surface area contributed by atoms with Crippen molar-refractivity contribution in [2.24, 2.45) is 11.8 Å². The Balaban J connectivity index is 2.02. The molecule has 31 heavy (non-hydrogen) atoms. The maximum Gasteiger partial charge on any atom is 0.246 e. The Kier molecular flexibility index (Phi) is 7.01. The second kappa shape index (κ2) is 9.06. The Morgan fingerprint density at radius 1 is 1.23 bits per heavy atom. The van der Waals surface area contributed by atoms with E-state index in [0.29, 0.717) is 25.8 Å². The van der Waals surface area contributed by atoms with Gasteiger partial charge in [-0.3, -0.25) is 14.4 Å². The van der Waals surface area contributed by atoms with Crippen LogP contribution in [0.3, 0.4) is 0 Å². The summed E-state index contributed by atoms with van der Waals surface area (Å²) in [4.78, 5) is 42.0. The Morgan fingerprint density at radius 3 is 2.52 bits per heavy atom. The molecule has 3 aliphatic rings. The second-order valence-electron chi connectivity index (χ2n) is 9.71. The fraction of sp³-hybridized carbons (Fsp3) is 0.870. The first-order chi connectivity index (χ1) is 14.7. The predicted octanol–water partition coefficient (Wildman–Crippen LogP) is 1.35. The molecule has 176 valence electrons. The average Bonchev–Trinajstić information content (AvgIpc) is 3.28. The molecule has 3 aliphatic heterocycles. The lowest BCUT2D eigenvalue weighted by Crippen LogP contribution is -2.59. The van der Waals surface area contributed by atoms with Crippen molar-refractivity contribution >= 4 is 17.7 Å². The van der Waals surface area contributed by atoms with E-state index < -0.39 is 35.1 Å². The minimum absolute atomic E-state index is 0.0306. The normalized spacial score (nSPS) is 35.7. The van der Waals surface area contributed by atoms with E-state index in [1.165, 1.54) is 4.90 Å². The van der Waals surface area contributed by atoms with Crippen LogP contribution in [0.25, 0.3) is 0 Å². The maximum absolute atomic E-state index is 13.8. The van der Waals surface area contributed by atoms with Crippen LogP contribution < -0.4 is 10.6 Å². The van der Waals surface area contributed by atoms with Gasteiger partial charge in [0.2, 0.25) is 17.7 Å². The number of rotatable bonds is 10. The number of aliphatic hydroxyl groups is 1. The van der Waals surface area contributed by atoms with Gasteiger partial charge in [-0.05, 0) is 46.0 Å². The Hall–Kier alpha value is -1.67. The largest absolute Gasteiger partial charge is 0.394 e. The van der Waals surface area contributed by atoms with Gasteiger partial charge in [-0.2, -0.15) is 0 Å². The van der Waals surface area contributed by atoms with E-state index in [1.807, 2.05) is 27.7 Å². The van der Waals surface area contributed by atoms with Gasteiger partial charge < -0.3 is 25.4 Å². The van der Waals surface area contributed by atoms with Crippen molar-refractivity contribution in [2.45, 2.75) is 102 Å². The monoisotopic (exact) mass is 437 g/mol. The zero-order valence-electron chi connectivity index (χ0n) is 19.6. The minimum Gasteiger partial charge on any atom is -0.394 e. The van der Waals surface area contributed by atoms with Gasteiger partial charge in [0.05, 0.1) is 30.1 Å².